The molecule has 46 heavy (non-hydrogen) atoms. The van der Waals surface area contributed by atoms with Crippen molar-refractivity contribution in [2.45, 2.75) is 113 Å². The summed E-state index contributed by atoms with van der Waals surface area (Å²) in [6, 6.07) is 7.18. The highest BCUT2D eigenvalue weighted by Gasteiger charge is 2.49. The van der Waals surface area contributed by atoms with Crippen LogP contribution in [0.25, 0.3) is 16.7 Å². The molecule has 2 aromatic heterocycles. The molecule has 6 fully saturated rings. The lowest BCUT2D eigenvalue weighted by molar-refractivity contribution is 0.0638. The van der Waals surface area contributed by atoms with Crippen molar-refractivity contribution in [3.63, 3.8) is 0 Å². The van der Waals surface area contributed by atoms with Crippen LogP contribution in [0.15, 0.2) is 30.7 Å². The smallest absolute Gasteiger partial charge is 0.168 e. The molecule has 3 aromatic rings. The van der Waals surface area contributed by atoms with Gasteiger partial charge in [0.05, 0.1) is 17.7 Å². The van der Waals surface area contributed by atoms with Crippen LogP contribution in [0.2, 0.25) is 0 Å². The number of likely N-dealkylation sites (N-methyl/N-ethyl adjacent to an activating group) is 1. The second-order valence-electron chi connectivity index (χ2n) is 14.9. The van der Waals surface area contributed by atoms with Gasteiger partial charge in [0, 0.05) is 68.1 Å². The first-order valence-electron chi connectivity index (χ1n) is 17.6. The van der Waals surface area contributed by atoms with Crippen LogP contribution in [0.1, 0.15) is 64.2 Å². The molecule has 2 aliphatic carbocycles. The lowest BCUT2D eigenvalue weighted by atomic mass is 9.74. The summed E-state index contributed by atoms with van der Waals surface area (Å²) in [4.78, 5) is 17.3. The molecule has 0 radical (unpaired) electrons. The first-order chi connectivity index (χ1) is 22.5. The predicted octanol–water partition coefficient (Wildman–Crippen LogP) is 3.37. The Labute approximate surface area is 269 Å². The van der Waals surface area contributed by atoms with Crippen molar-refractivity contribution in [3.8, 4) is 5.69 Å². The predicted molar refractivity (Wildman–Crippen MR) is 173 cm³/mol. The van der Waals surface area contributed by atoms with E-state index in [1.54, 1.807) is 12.5 Å². The number of nitrogens with zero attached hydrogens (tertiary/aromatic N) is 7. The van der Waals surface area contributed by atoms with Gasteiger partial charge >= 0.3 is 0 Å². The fourth-order valence-corrected chi connectivity index (χ4v) is 10.3. The average Bonchev–Trinajstić information content (AvgIpc) is 3.86. The number of hydrogen-bond acceptors (Lipinski definition) is 9. The molecule has 4 saturated heterocycles. The number of fused-ring (bicyclic) bond motifs is 9. The van der Waals surface area contributed by atoms with Crippen molar-refractivity contribution in [2.75, 3.05) is 31.7 Å². The van der Waals surface area contributed by atoms with Gasteiger partial charge < -0.3 is 9.80 Å². The highest BCUT2D eigenvalue weighted by Crippen LogP contribution is 2.41. The third kappa shape index (κ3) is 5.03. The SMILES string of the molecule is CN1C[C@@H]2C[C@@H](CN2c2ncnc3c2cnn3-c2ccc(F)cc2F)NC2CCCC(N2)C2CCCC3NCN(C4CCC1C4)C32. The molecule has 0 spiro atoms. The number of halogens is 2. The van der Waals surface area contributed by atoms with Crippen LogP contribution >= 0.6 is 0 Å². The van der Waals surface area contributed by atoms with E-state index in [2.05, 4.69) is 47.8 Å². The van der Waals surface area contributed by atoms with Crippen molar-refractivity contribution in [3.05, 3.63) is 42.4 Å². The van der Waals surface area contributed by atoms with Crippen LogP contribution in [0.3, 0.4) is 0 Å². The minimum Gasteiger partial charge on any atom is -0.350 e. The first-order valence-corrected chi connectivity index (χ1v) is 17.6. The van der Waals surface area contributed by atoms with Gasteiger partial charge in [-0.1, -0.05) is 6.42 Å². The van der Waals surface area contributed by atoms with Crippen LogP contribution in [0.5, 0.6) is 0 Å². The van der Waals surface area contributed by atoms with Crippen molar-refractivity contribution >= 4 is 16.9 Å². The van der Waals surface area contributed by atoms with Crippen LogP contribution in [0, 0.1) is 17.6 Å². The van der Waals surface area contributed by atoms with Gasteiger partial charge in [0.15, 0.2) is 11.5 Å². The quantitative estimate of drug-likeness (QED) is 0.394. The summed E-state index contributed by atoms with van der Waals surface area (Å²) in [5.74, 6) is 0.246. The van der Waals surface area contributed by atoms with E-state index < -0.39 is 11.6 Å². The summed E-state index contributed by atoms with van der Waals surface area (Å²) in [6.07, 6.45) is 16.0. The summed E-state index contributed by atoms with van der Waals surface area (Å²) in [6.45, 7) is 2.83. The molecule has 10 nitrogen and oxygen atoms in total. The van der Waals surface area contributed by atoms with E-state index in [1.165, 1.54) is 68.2 Å². The zero-order valence-electron chi connectivity index (χ0n) is 26.7. The third-order valence-electron chi connectivity index (χ3n) is 12.3. The van der Waals surface area contributed by atoms with Gasteiger partial charge in [-0.2, -0.15) is 5.10 Å². The first kappa shape index (κ1) is 29.4. The minimum atomic E-state index is -0.670. The summed E-state index contributed by atoms with van der Waals surface area (Å²) in [5.41, 5.74) is 0.698. The molecule has 12 heteroatoms. The maximum atomic E-state index is 14.8. The lowest BCUT2D eigenvalue weighted by Crippen LogP contribution is -2.60. The number of rotatable bonds is 2. The van der Waals surface area contributed by atoms with Gasteiger partial charge in [0.25, 0.3) is 0 Å². The van der Waals surface area contributed by atoms with Crippen molar-refractivity contribution in [2.24, 2.45) is 5.92 Å². The molecule has 6 bridgehead atoms. The molecule has 4 aliphatic heterocycles. The maximum Gasteiger partial charge on any atom is 0.168 e. The largest absolute Gasteiger partial charge is 0.350 e. The molecule has 2 saturated carbocycles. The third-order valence-corrected chi connectivity index (χ3v) is 12.3. The molecule has 1 aromatic carbocycles. The standard InChI is InChI=1S/C34H46F2N10/c1-43-17-24-13-21(16-44(24)33-26-15-40-46(34(26)38-18-37-33)30-11-8-20(35)12-27(30)36)41-31-7-3-5-28(42-31)25-4-2-6-29-32(25)45(19-39-29)23-10-9-22(43)14-23/h8,11-12,15,18,21-25,28-29,31-32,39,41-42H,2-7,9-10,13-14,16-17,19H2,1H3/t21-,22?,23?,24-,25?,28?,29?,31?,32?/m0/s1. The number of anilines is 1. The van der Waals surface area contributed by atoms with E-state index in [1.807, 2.05) is 0 Å². The molecule has 7 unspecified atom stereocenters. The molecular weight excluding hydrogens is 586 g/mol. The molecular formula is C34H46F2N10. The number of nitrogens with one attached hydrogen (secondary N) is 3. The van der Waals surface area contributed by atoms with E-state index >= 15 is 0 Å². The van der Waals surface area contributed by atoms with E-state index in [4.69, 9.17) is 4.98 Å². The normalized spacial score (nSPS) is 36.9. The van der Waals surface area contributed by atoms with Crippen LogP contribution in [0.4, 0.5) is 14.6 Å². The van der Waals surface area contributed by atoms with E-state index in [-0.39, 0.29) is 11.7 Å². The van der Waals surface area contributed by atoms with E-state index in [0.29, 0.717) is 54.0 Å². The van der Waals surface area contributed by atoms with Crippen molar-refractivity contribution < 1.29 is 8.78 Å². The summed E-state index contributed by atoms with van der Waals surface area (Å²) < 4.78 is 30.0. The molecule has 6 heterocycles. The van der Waals surface area contributed by atoms with Gasteiger partial charge in [-0.15, -0.1) is 0 Å². The second-order valence-corrected chi connectivity index (χ2v) is 14.9. The zero-order valence-corrected chi connectivity index (χ0v) is 26.7. The van der Waals surface area contributed by atoms with Crippen molar-refractivity contribution in [1.82, 2.24) is 45.5 Å². The van der Waals surface area contributed by atoms with Gasteiger partial charge in [-0.25, -0.2) is 23.4 Å². The van der Waals surface area contributed by atoms with Gasteiger partial charge in [0.1, 0.15) is 23.6 Å². The maximum absolute atomic E-state index is 14.8. The average molecular weight is 633 g/mol. The molecule has 9 rings (SSSR count). The van der Waals surface area contributed by atoms with Gasteiger partial charge in [0.2, 0.25) is 0 Å². The lowest BCUT2D eigenvalue weighted by Gasteiger charge is -2.46. The highest BCUT2D eigenvalue weighted by molar-refractivity contribution is 5.88. The number of aromatic nitrogens is 4. The zero-order chi connectivity index (χ0) is 30.9. The molecule has 246 valence electrons. The Balaban J connectivity index is 1.05. The number of hydrogen-bond donors (Lipinski definition) is 3. The summed E-state index contributed by atoms with van der Waals surface area (Å²) in [5, 5.41) is 17.5. The number of benzene rings is 1. The van der Waals surface area contributed by atoms with Crippen molar-refractivity contribution in [1.29, 1.82) is 0 Å². The van der Waals surface area contributed by atoms with Crippen LogP contribution in [-0.4, -0.2) is 105 Å². The van der Waals surface area contributed by atoms with E-state index in [0.717, 1.165) is 49.9 Å². The van der Waals surface area contributed by atoms with Crippen LogP contribution < -0.4 is 20.9 Å². The summed E-state index contributed by atoms with van der Waals surface area (Å²) >= 11 is 0. The second kappa shape index (κ2) is 11.7. The highest BCUT2D eigenvalue weighted by atomic mass is 19.1. The Kier molecular flexibility index (Phi) is 7.49. The molecule has 6 aliphatic rings. The van der Waals surface area contributed by atoms with Crippen LogP contribution in [-0.2, 0) is 0 Å². The fourth-order valence-electron chi connectivity index (χ4n) is 10.3. The van der Waals surface area contributed by atoms with E-state index in [9.17, 15) is 8.78 Å². The Morgan fingerprint density at radius 1 is 0.870 bits per heavy atom. The Hall–Kier alpha value is -2.77. The summed E-state index contributed by atoms with van der Waals surface area (Å²) in [7, 11) is 2.32. The van der Waals surface area contributed by atoms with Gasteiger partial charge in [-0.3, -0.25) is 20.9 Å². The fraction of sp³-hybridized carbons (Fsp3) is 0.676. The molecule has 0 amide bonds. The van der Waals surface area contributed by atoms with Gasteiger partial charge in [-0.05, 0) is 82.9 Å². The Bertz CT molecular complexity index is 1580. The topological polar surface area (TPSA) is 89.4 Å². The number of piperidine rings is 1. The monoisotopic (exact) mass is 632 g/mol. The molecule has 3 N–H and O–H groups in total. The Morgan fingerprint density at radius 2 is 1.74 bits per heavy atom. The Morgan fingerprint density at radius 3 is 2.65 bits per heavy atom. The minimum absolute atomic E-state index is 0.174. The molecule has 9 atom stereocenters.